The van der Waals surface area contributed by atoms with Gasteiger partial charge in [-0.2, -0.15) is 0 Å². The van der Waals surface area contributed by atoms with Crippen molar-refractivity contribution < 1.29 is 4.79 Å². The Labute approximate surface area is 125 Å². The smallest absolute Gasteiger partial charge is 0.253 e. The predicted octanol–water partition coefficient (Wildman–Crippen LogP) is 3.45. The lowest BCUT2D eigenvalue weighted by molar-refractivity contribution is 0.0904. The minimum atomic E-state index is 0.00808. The van der Waals surface area contributed by atoms with Gasteiger partial charge in [0, 0.05) is 28.8 Å². The molecule has 4 nitrogen and oxygen atoms in total. The van der Waals surface area contributed by atoms with Crippen molar-refractivity contribution >= 4 is 22.5 Å². The highest BCUT2D eigenvalue weighted by Crippen LogP contribution is 2.35. The monoisotopic (exact) mass is 285 g/mol. The Hall–Kier alpha value is -1.97. The number of benzene rings is 1. The number of rotatable bonds is 2. The number of carbonyl (C=O) groups excluding carboxylic acids is 1. The minimum absolute atomic E-state index is 0.00808. The Kier molecular flexibility index (Phi) is 3.40. The first-order chi connectivity index (χ1) is 9.94. The topological polar surface area (TPSA) is 70.9 Å². The number of nitrogens with one attached hydrogen (secondary N) is 2. The van der Waals surface area contributed by atoms with Gasteiger partial charge >= 0.3 is 0 Å². The Balaban J connectivity index is 1.78. The molecule has 0 bridgehead atoms. The molecule has 1 amide bonds. The van der Waals surface area contributed by atoms with Crippen molar-refractivity contribution in [3.63, 3.8) is 0 Å². The van der Waals surface area contributed by atoms with Crippen LogP contribution < -0.4 is 11.1 Å². The van der Waals surface area contributed by atoms with Crippen molar-refractivity contribution in [2.24, 2.45) is 5.41 Å². The summed E-state index contributed by atoms with van der Waals surface area (Å²) in [5, 5.41) is 4.12. The maximum atomic E-state index is 12.5. The van der Waals surface area contributed by atoms with Crippen molar-refractivity contribution in [3.05, 3.63) is 30.0 Å². The average molecular weight is 285 g/mol. The summed E-state index contributed by atoms with van der Waals surface area (Å²) in [6, 6.07) is 5.87. The third kappa shape index (κ3) is 2.89. The largest absolute Gasteiger partial charge is 0.399 e. The van der Waals surface area contributed by atoms with Crippen LogP contribution in [0.5, 0.6) is 0 Å². The predicted molar refractivity (Wildman–Crippen MR) is 86.2 cm³/mol. The van der Waals surface area contributed by atoms with Gasteiger partial charge in [0.15, 0.2) is 0 Å². The van der Waals surface area contributed by atoms with Gasteiger partial charge in [-0.3, -0.25) is 4.79 Å². The fourth-order valence-corrected chi connectivity index (χ4v) is 3.42. The average Bonchev–Trinajstić information content (AvgIpc) is 2.80. The summed E-state index contributed by atoms with van der Waals surface area (Å²) in [7, 11) is 0. The molecule has 1 atom stereocenters. The van der Waals surface area contributed by atoms with Crippen molar-refractivity contribution in [3.8, 4) is 0 Å². The Morgan fingerprint density at radius 2 is 2.24 bits per heavy atom. The van der Waals surface area contributed by atoms with Crippen LogP contribution in [-0.2, 0) is 0 Å². The molecule has 0 spiro atoms. The molecule has 1 aliphatic carbocycles. The summed E-state index contributed by atoms with van der Waals surface area (Å²) in [5.41, 5.74) is 8.40. The van der Waals surface area contributed by atoms with Crippen LogP contribution in [0.2, 0.25) is 0 Å². The van der Waals surface area contributed by atoms with Crippen molar-refractivity contribution in [1.82, 2.24) is 10.3 Å². The van der Waals surface area contributed by atoms with Gasteiger partial charge in [-0.05, 0) is 42.9 Å². The molecule has 0 aliphatic heterocycles. The lowest BCUT2D eigenvalue weighted by Crippen LogP contribution is -2.40. The van der Waals surface area contributed by atoms with E-state index in [0.717, 1.165) is 23.7 Å². The number of aromatic amines is 1. The normalized spacial score (nSPS) is 21.3. The van der Waals surface area contributed by atoms with Gasteiger partial charge in [0.05, 0.1) is 5.56 Å². The molecule has 4 N–H and O–H groups in total. The van der Waals surface area contributed by atoms with Crippen LogP contribution in [0.25, 0.3) is 10.9 Å². The number of fused-ring (bicyclic) bond motifs is 1. The number of amides is 1. The van der Waals surface area contributed by atoms with Crippen LogP contribution in [0, 0.1) is 5.41 Å². The lowest BCUT2D eigenvalue weighted by atomic mass is 9.75. The summed E-state index contributed by atoms with van der Waals surface area (Å²) in [6.07, 6.45) is 6.32. The first-order valence-electron chi connectivity index (χ1n) is 7.62. The zero-order chi connectivity index (χ0) is 15.0. The van der Waals surface area contributed by atoms with Crippen LogP contribution in [0.15, 0.2) is 24.4 Å². The van der Waals surface area contributed by atoms with Gasteiger partial charge in [-0.15, -0.1) is 0 Å². The zero-order valence-corrected chi connectivity index (χ0v) is 12.7. The van der Waals surface area contributed by atoms with E-state index in [1.807, 2.05) is 18.2 Å². The van der Waals surface area contributed by atoms with E-state index in [4.69, 9.17) is 5.73 Å². The first-order valence-corrected chi connectivity index (χ1v) is 7.62. The molecule has 21 heavy (non-hydrogen) atoms. The molecule has 1 unspecified atom stereocenters. The van der Waals surface area contributed by atoms with Crippen LogP contribution in [-0.4, -0.2) is 16.9 Å². The summed E-state index contributed by atoms with van der Waals surface area (Å²) in [5.74, 6) is 0.00808. The summed E-state index contributed by atoms with van der Waals surface area (Å²) in [6.45, 7) is 4.56. The fourth-order valence-electron chi connectivity index (χ4n) is 3.42. The summed E-state index contributed by atoms with van der Waals surface area (Å²) < 4.78 is 0. The molecule has 3 rings (SSSR count). The number of carbonyl (C=O) groups is 1. The van der Waals surface area contributed by atoms with Crippen LogP contribution in [0.1, 0.15) is 49.9 Å². The van der Waals surface area contributed by atoms with Gasteiger partial charge in [0.2, 0.25) is 0 Å². The Morgan fingerprint density at radius 3 is 3.00 bits per heavy atom. The second-order valence-electron chi connectivity index (χ2n) is 6.94. The number of anilines is 1. The van der Waals surface area contributed by atoms with Gasteiger partial charge in [0.1, 0.15) is 0 Å². The highest BCUT2D eigenvalue weighted by Gasteiger charge is 2.29. The van der Waals surface area contributed by atoms with Crippen molar-refractivity contribution in [2.75, 3.05) is 5.73 Å². The third-order valence-corrected chi connectivity index (χ3v) is 4.49. The number of H-pyrrole nitrogens is 1. The number of hydrogen-bond acceptors (Lipinski definition) is 2. The zero-order valence-electron chi connectivity index (χ0n) is 12.7. The van der Waals surface area contributed by atoms with E-state index in [1.165, 1.54) is 12.8 Å². The third-order valence-electron chi connectivity index (χ3n) is 4.49. The molecular formula is C17H23N3O. The molecule has 1 saturated carbocycles. The summed E-state index contributed by atoms with van der Waals surface area (Å²) >= 11 is 0. The van der Waals surface area contributed by atoms with Gasteiger partial charge in [0.25, 0.3) is 5.91 Å². The van der Waals surface area contributed by atoms with Crippen LogP contribution in [0.4, 0.5) is 5.69 Å². The molecule has 1 aromatic heterocycles. The number of nitrogens with two attached hydrogens (primary N) is 1. The van der Waals surface area contributed by atoms with E-state index in [9.17, 15) is 4.79 Å². The Morgan fingerprint density at radius 1 is 1.43 bits per heavy atom. The number of hydrogen-bond donors (Lipinski definition) is 3. The second-order valence-corrected chi connectivity index (χ2v) is 6.94. The molecule has 1 fully saturated rings. The molecule has 0 radical (unpaired) electrons. The molecule has 0 saturated heterocycles. The first kappa shape index (κ1) is 14.0. The van der Waals surface area contributed by atoms with E-state index < -0.39 is 0 Å². The molecular weight excluding hydrogens is 262 g/mol. The van der Waals surface area contributed by atoms with E-state index in [1.54, 1.807) is 6.20 Å². The molecule has 2 aromatic rings. The van der Waals surface area contributed by atoms with Crippen molar-refractivity contribution in [2.45, 2.75) is 45.6 Å². The molecule has 4 heteroatoms. The number of aromatic nitrogens is 1. The van der Waals surface area contributed by atoms with Gasteiger partial charge < -0.3 is 16.0 Å². The highest BCUT2D eigenvalue weighted by atomic mass is 16.1. The van der Waals surface area contributed by atoms with E-state index in [-0.39, 0.29) is 11.9 Å². The quantitative estimate of drug-likeness (QED) is 0.740. The van der Waals surface area contributed by atoms with Crippen molar-refractivity contribution in [1.29, 1.82) is 0 Å². The van der Waals surface area contributed by atoms with Crippen LogP contribution in [0.3, 0.4) is 0 Å². The minimum Gasteiger partial charge on any atom is -0.399 e. The Bertz CT molecular complexity index is 672. The second kappa shape index (κ2) is 5.10. The van der Waals surface area contributed by atoms with E-state index >= 15 is 0 Å². The van der Waals surface area contributed by atoms with Gasteiger partial charge in [-0.25, -0.2) is 0 Å². The maximum Gasteiger partial charge on any atom is 0.253 e. The standard InChI is InChI=1S/C17H23N3O/c1-17(2)7-3-4-12(9-17)20-16(21)14-10-19-15-8-11(18)5-6-13(14)15/h5-6,8,10,12,19H,3-4,7,9,18H2,1-2H3,(H,20,21). The fraction of sp³-hybridized carbons (Fsp3) is 0.471. The lowest BCUT2D eigenvalue weighted by Gasteiger charge is -2.35. The highest BCUT2D eigenvalue weighted by molar-refractivity contribution is 6.07. The van der Waals surface area contributed by atoms with E-state index in [2.05, 4.69) is 24.1 Å². The maximum absolute atomic E-state index is 12.5. The van der Waals surface area contributed by atoms with E-state index in [0.29, 0.717) is 16.7 Å². The molecule has 1 aliphatic rings. The number of nitrogen functional groups attached to an aromatic ring is 1. The molecule has 112 valence electrons. The van der Waals surface area contributed by atoms with Crippen LogP contribution >= 0.6 is 0 Å². The summed E-state index contributed by atoms with van der Waals surface area (Å²) in [4.78, 5) is 15.6. The molecule has 1 heterocycles. The molecule has 1 aromatic carbocycles. The van der Waals surface area contributed by atoms with Gasteiger partial charge in [-0.1, -0.05) is 20.3 Å². The SMILES string of the molecule is CC1(C)CCCC(NC(=O)c2c[nH]c3cc(N)ccc23)C1.